The minimum atomic E-state index is -2.90. The van der Waals surface area contributed by atoms with Crippen molar-refractivity contribution in [3.63, 3.8) is 0 Å². The number of alkyl halides is 2. The molecule has 3 rings (SSSR count). The van der Waals surface area contributed by atoms with Crippen molar-refractivity contribution in [3.8, 4) is 0 Å². The summed E-state index contributed by atoms with van der Waals surface area (Å²) in [6.07, 6.45) is 6.73. The molecule has 2 aromatic rings. The SMILES string of the molecule is CC(F)(F)c1ccc(/C(=C/CCCC=O)c2ccc(C3CC3)c(=O)[nH]2)cc1. The van der Waals surface area contributed by atoms with Crippen LogP contribution in [0.4, 0.5) is 8.78 Å². The number of aromatic amines is 1. The highest BCUT2D eigenvalue weighted by atomic mass is 19.3. The Bertz CT molecular complexity index is 888. The fourth-order valence-electron chi connectivity index (χ4n) is 3.13. The van der Waals surface area contributed by atoms with E-state index >= 15 is 0 Å². The molecule has 3 nitrogen and oxygen atoms in total. The van der Waals surface area contributed by atoms with Gasteiger partial charge in [-0.05, 0) is 43.2 Å². The number of allylic oxidation sites excluding steroid dienone is 1. The monoisotopic (exact) mass is 371 g/mol. The predicted molar refractivity (Wildman–Crippen MR) is 102 cm³/mol. The van der Waals surface area contributed by atoms with E-state index in [1.807, 2.05) is 18.2 Å². The number of hydrogen-bond acceptors (Lipinski definition) is 2. The van der Waals surface area contributed by atoms with Crippen molar-refractivity contribution in [1.82, 2.24) is 4.98 Å². The summed E-state index contributed by atoms with van der Waals surface area (Å²) in [5, 5.41) is 0. The number of benzene rings is 1. The lowest BCUT2D eigenvalue weighted by molar-refractivity contribution is -0.107. The van der Waals surface area contributed by atoms with Gasteiger partial charge in [0.1, 0.15) is 6.29 Å². The zero-order valence-corrected chi connectivity index (χ0v) is 15.3. The molecule has 27 heavy (non-hydrogen) atoms. The smallest absolute Gasteiger partial charge is 0.270 e. The van der Waals surface area contributed by atoms with E-state index < -0.39 is 5.92 Å². The molecule has 5 heteroatoms. The number of unbranched alkanes of at least 4 members (excludes halogenated alkanes) is 2. The van der Waals surface area contributed by atoms with Crippen molar-refractivity contribution >= 4 is 11.9 Å². The molecular weight excluding hydrogens is 348 g/mol. The number of pyridine rings is 1. The molecular formula is C22H23F2NO2. The lowest BCUT2D eigenvalue weighted by atomic mass is 9.97. The Morgan fingerprint density at radius 1 is 1.15 bits per heavy atom. The summed E-state index contributed by atoms with van der Waals surface area (Å²) in [4.78, 5) is 25.9. The van der Waals surface area contributed by atoms with Crippen LogP contribution >= 0.6 is 0 Å². The zero-order valence-electron chi connectivity index (χ0n) is 15.3. The molecule has 1 aliphatic carbocycles. The number of hydrogen-bond donors (Lipinski definition) is 1. The summed E-state index contributed by atoms with van der Waals surface area (Å²) in [5.41, 5.74) is 2.86. The van der Waals surface area contributed by atoms with Gasteiger partial charge in [-0.15, -0.1) is 0 Å². The first-order valence-corrected chi connectivity index (χ1v) is 9.26. The first kappa shape index (κ1) is 19.2. The van der Waals surface area contributed by atoms with Crippen molar-refractivity contribution in [2.45, 2.75) is 50.9 Å². The van der Waals surface area contributed by atoms with Gasteiger partial charge in [0.25, 0.3) is 11.5 Å². The van der Waals surface area contributed by atoms with E-state index in [1.54, 1.807) is 12.1 Å². The van der Waals surface area contributed by atoms with Gasteiger partial charge in [-0.1, -0.05) is 36.4 Å². The van der Waals surface area contributed by atoms with Gasteiger partial charge in [-0.2, -0.15) is 0 Å². The molecule has 0 spiro atoms. The van der Waals surface area contributed by atoms with Crippen molar-refractivity contribution in [2.24, 2.45) is 0 Å². The summed E-state index contributed by atoms with van der Waals surface area (Å²) in [5.74, 6) is -2.54. The van der Waals surface area contributed by atoms with Crippen LogP contribution in [0.3, 0.4) is 0 Å². The molecule has 0 bridgehead atoms. The Hall–Kier alpha value is -2.56. The number of aldehydes is 1. The number of halogens is 2. The van der Waals surface area contributed by atoms with Gasteiger partial charge in [-0.25, -0.2) is 8.78 Å². The van der Waals surface area contributed by atoms with Crippen LogP contribution in [0.25, 0.3) is 5.57 Å². The van der Waals surface area contributed by atoms with E-state index in [4.69, 9.17) is 0 Å². The molecule has 1 aliphatic rings. The molecule has 0 unspecified atom stereocenters. The molecule has 1 heterocycles. The van der Waals surface area contributed by atoms with Crippen LogP contribution in [0.1, 0.15) is 67.3 Å². The van der Waals surface area contributed by atoms with Gasteiger partial charge in [-0.3, -0.25) is 4.79 Å². The molecule has 0 aliphatic heterocycles. The first-order valence-electron chi connectivity index (χ1n) is 9.26. The normalized spacial score (nSPS) is 15.0. The van der Waals surface area contributed by atoms with Gasteiger partial charge >= 0.3 is 0 Å². The standard InChI is InChI=1S/C22H23F2NO2/c1-22(23,24)17-10-8-15(9-11-17)18(5-3-2-4-14-26)20-13-12-19(16-6-7-16)21(27)25-20/h5,8-14,16H,2-4,6-7H2,1H3,(H,25,27)/b18-5-. The molecule has 1 N–H and O–H groups in total. The van der Waals surface area contributed by atoms with Gasteiger partial charge in [0.05, 0.1) is 0 Å². The zero-order chi connectivity index (χ0) is 19.4. The average Bonchev–Trinajstić information content (AvgIpc) is 3.46. The maximum absolute atomic E-state index is 13.5. The second kappa shape index (κ2) is 7.99. The van der Waals surface area contributed by atoms with Crippen LogP contribution in [0.15, 0.2) is 47.3 Å². The number of carbonyl (C=O) groups excluding carboxylic acids is 1. The molecule has 0 saturated heterocycles. The predicted octanol–water partition coefficient (Wildman–Crippen LogP) is 5.16. The highest BCUT2D eigenvalue weighted by Gasteiger charge is 2.26. The number of H-pyrrole nitrogens is 1. The lowest BCUT2D eigenvalue weighted by Crippen LogP contribution is -2.13. The fourth-order valence-corrected chi connectivity index (χ4v) is 3.13. The lowest BCUT2D eigenvalue weighted by Gasteiger charge is -2.13. The summed E-state index contributed by atoms with van der Waals surface area (Å²) in [6, 6.07) is 9.84. The quantitative estimate of drug-likeness (QED) is 0.514. The highest BCUT2D eigenvalue weighted by molar-refractivity contribution is 5.78. The molecule has 0 radical (unpaired) electrons. The third-order valence-corrected chi connectivity index (χ3v) is 4.82. The van der Waals surface area contributed by atoms with Crippen LogP contribution in [0, 0.1) is 0 Å². The second-order valence-corrected chi connectivity index (χ2v) is 7.11. The van der Waals surface area contributed by atoms with E-state index in [2.05, 4.69) is 4.98 Å². The molecule has 142 valence electrons. The molecule has 0 atom stereocenters. The van der Waals surface area contributed by atoms with Gasteiger partial charge in [0.15, 0.2) is 0 Å². The largest absolute Gasteiger partial charge is 0.322 e. The minimum Gasteiger partial charge on any atom is -0.322 e. The maximum atomic E-state index is 13.5. The van der Waals surface area contributed by atoms with E-state index in [-0.39, 0.29) is 11.1 Å². The number of rotatable bonds is 8. The average molecular weight is 371 g/mol. The van der Waals surface area contributed by atoms with Gasteiger partial charge in [0.2, 0.25) is 0 Å². The van der Waals surface area contributed by atoms with Crippen molar-refractivity contribution in [1.29, 1.82) is 0 Å². The Morgan fingerprint density at radius 2 is 1.85 bits per heavy atom. The van der Waals surface area contributed by atoms with Crippen LogP contribution in [-0.4, -0.2) is 11.3 Å². The Morgan fingerprint density at radius 3 is 2.41 bits per heavy atom. The van der Waals surface area contributed by atoms with Crippen LogP contribution < -0.4 is 5.56 Å². The third kappa shape index (κ3) is 4.79. The van der Waals surface area contributed by atoms with Crippen molar-refractivity contribution in [3.05, 3.63) is 75.2 Å². The molecule has 1 fully saturated rings. The first-order chi connectivity index (χ1) is 12.9. The summed E-state index contributed by atoms with van der Waals surface area (Å²) < 4.78 is 27.0. The topological polar surface area (TPSA) is 49.9 Å². The molecule has 1 saturated carbocycles. The van der Waals surface area contributed by atoms with Crippen molar-refractivity contribution in [2.75, 3.05) is 0 Å². The molecule has 1 aromatic carbocycles. The Kier molecular flexibility index (Phi) is 5.68. The van der Waals surface area contributed by atoms with Crippen LogP contribution in [0.5, 0.6) is 0 Å². The maximum Gasteiger partial charge on any atom is 0.270 e. The van der Waals surface area contributed by atoms with E-state index in [1.165, 1.54) is 12.1 Å². The van der Waals surface area contributed by atoms with Crippen molar-refractivity contribution < 1.29 is 13.6 Å². The molecule has 1 aromatic heterocycles. The van der Waals surface area contributed by atoms with E-state index in [0.717, 1.165) is 42.8 Å². The highest BCUT2D eigenvalue weighted by Crippen LogP contribution is 2.38. The molecule has 0 amide bonds. The van der Waals surface area contributed by atoms with E-state index in [0.29, 0.717) is 30.9 Å². The number of nitrogens with one attached hydrogen (secondary N) is 1. The number of aromatic nitrogens is 1. The summed E-state index contributed by atoms with van der Waals surface area (Å²) >= 11 is 0. The second-order valence-electron chi connectivity index (χ2n) is 7.11. The third-order valence-electron chi connectivity index (χ3n) is 4.82. The van der Waals surface area contributed by atoms with E-state index in [9.17, 15) is 18.4 Å². The van der Waals surface area contributed by atoms with Gasteiger partial charge < -0.3 is 9.78 Å². The summed E-state index contributed by atoms with van der Waals surface area (Å²) in [6.45, 7) is 0.867. The minimum absolute atomic E-state index is 0.0517. The number of carbonyl (C=O) groups is 1. The summed E-state index contributed by atoms with van der Waals surface area (Å²) in [7, 11) is 0. The van der Waals surface area contributed by atoms with Crippen LogP contribution in [-0.2, 0) is 10.7 Å². The Balaban J connectivity index is 1.94. The Labute approximate surface area is 157 Å². The van der Waals surface area contributed by atoms with Gasteiger partial charge in [0, 0.05) is 35.7 Å². The van der Waals surface area contributed by atoms with Crippen LogP contribution in [0.2, 0.25) is 0 Å². The fraction of sp³-hybridized carbons (Fsp3) is 0.364.